The van der Waals surface area contributed by atoms with Gasteiger partial charge in [-0.2, -0.15) is 0 Å². The van der Waals surface area contributed by atoms with Gasteiger partial charge in [-0.3, -0.25) is 14.3 Å². The maximum atomic E-state index is 13.7. The van der Waals surface area contributed by atoms with Crippen LogP contribution in [0.1, 0.15) is 104 Å². The summed E-state index contributed by atoms with van der Waals surface area (Å²) in [4.78, 5) is 25.9. The Bertz CT molecular complexity index is 1310. The number of nitrogens with zero attached hydrogens (tertiary/aromatic N) is 1. The van der Waals surface area contributed by atoms with Gasteiger partial charge in [0.25, 0.3) is 11.8 Å². The van der Waals surface area contributed by atoms with Crippen LogP contribution >= 0.6 is 0 Å². The van der Waals surface area contributed by atoms with E-state index in [1.54, 1.807) is 19.9 Å². The van der Waals surface area contributed by atoms with Gasteiger partial charge in [0, 0.05) is 0 Å². The quantitative estimate of drug-likeness (QED) is 0.633. The number of hydrogen-bond acceptors (Lipinski definition) is 4. The van der Waals surface area contributed by atoms with Gasteiger partial charge in [-0.05, 0) is 90.5 Å². The molecule has 2 N–H and O–H groups in total. The first-order chi connectivity index (χ1) is 15.8. The van der Waals surface area contributed by atoms with Gasteiger partial charge in [-0.1, -0.05) is 39.8 Å². The molecule has 0 saturated carbocycles. The molecule has 2 aromatic carbocycles. The summed E-state index contributed by atoms with van der Waals surface area (Å²) >= 11 is 0. The molecule has 2 aliphatic rings. The fraction of sp³-hybridized carbons (Fsp3) is 0.481. The van der Waals surface area contributed by atoms with Crippen LogP contribution < -0.4 is 4.72 Å². The van der Waals surface area contributed by atoms with Crippen molar-refractivity contribution in [2.75, 3.05) is 0 Å². The Morgan fingerprint density at radius 2 is 1.85 bits per heavy atom. The van der Waals surface area contributed by atoms with Gasteiger partial charge < -0.3 is 5.11 Å². The summed E-state index contributed by atoms with van der Waals surface area (Å²) in [5, 5.41) is 10.4. The second-order valence-corrected chi connectivity index (χ2v) is 12.4. The zero-order chi connectivity index (χ0) is 25.0. The summed E-state index contributed by atoms with van der Waals surface area (Å²) in [6.07, 6.45) is 3.24. The fourth-order valence-electron chi connectivity index (χ4n) is 5.21. The van der Waals surface area contributed by atoms with E-state index in [4.69, 9.17) is 0 Å². The molecule has 182 valence electrons. The largest absolute Gasteiger partial charge is 0.386 e. The molecule has 6 nitrogen and oxygen atoms in total. The first-order valence-electron chi connectivity index (χ1n) is 12.0. The van der Waals surface area contributed by atoms with E-state index in [0.29, 0.717) is 5.56 Å². The van der Waals surface area contributed by atoms with Crippen LogP contribution in [0.3, 0.4) is 0 Å². The number of benzene rings is 2. The van der Waals surface area contributed by atoms with Gasteiger partial charge in [0.15, 0.2) is 9.92 Å². The Morgan fingerprint density at radius 1 is 1.15 bits per heavy atom. The second-order valence-electron chi connectivity index (χ2n) is 10.5. The van der Waals surface area contributed by atoms with E-state index in [1.165, 1.54) is 28.8 Å². The van der Waals surface area contributed by atoms with Crippen molar-refractivity contribution in [2.45, 2.75) is 89.6 Å². The lowest BCUT2D eigenvalue weighted by Gasteiger charge is -2.23. The smallest absolute Gasteiger partial charge is 0.265 e. The lowest BCUT2D eigenvalue weighted by molar-refractivity contribution is -0.117. The molecule has 0 fully saturated rings. The van der Waals surface area contributed by atoms with Crippen LogP contribution in [0.15, 0.2) is 33.5 Å². The maximum absolute atomic E-state index is 13.7. The molecule has 1 atom stereocenters. The summed E-state index contributed by atoms with van der Waals surface area (Å²) in [7, 11) is -3.48. The monoisotopic (exact) mass is 482 g/mol. The van der Waals surface area contributed by atoms with E-state index < -0.39 is 27.3 Å². The highest BCUT2D eigenvalue weighted by molar-refractivity contribution is 7.93. The number of fused-ring (bicyclic) bond motifs is 2. The van der Waals surface area contributed by atoms with Gasteiger partial charge >= 0.3 is 0 Å². The molecular formula is C27H34N2O4S. The maximum Gasteiger partial charge on any atom is 0.265 e. The van der Waals surface area contributed by atoms with E-state index in [2.05, 4.69) is 42.8 Å². The molecule has 1 aliphatic heterocycles. The third-order valence-electron chi connectivity index (χ3n) is 6.81. The number of aryl methyl sites for hydroxylation is 1. The highest BCUT2D eigenvalue weighted by atomic mass is 32.2. The van der Waals surface area contributed by atoms with Gasteiger partial charge in [0.2, 0.25) is 0 Å². The van der Waals surface area contributed by atoms with Gasteiger partial charge in [0.05, 0.1) is 22.5 Å². The lowest BCUT2D eigenvalue weighted by atomic mass is 9.82. The average Bonchev–Trinajstić information content (AvgIpc) is 3.28. The van der Waals surface area contributed by atoms with Crippen molar-refractivity contribution in [1.82, 2.24) is 4.72 Å². The summed E-state index contributed by atoms with van der Waals surface area (Å²) in [5.74, 6) is -0.556. The Hall–Kier alpha value is -2.51. The van der Waals surface area contributed by atoms with Crippen LogP contribution in [0.25, 0.3) is 0 Å². The molecule has 0 radical (unpaired) electrons. The highest BCUT2D eigenvalue weighted by Crippen LogP contribution is 2.38. The number of nitrogens with one attached hydrogen (secondary N) is 1. The first-order valence-corrected chi connectivity index (χ1v) is 13.5. The molecule has 1 unspecified atom stereocenters. The summed E-state index contributed by atoms with van der Waals surface area (Å²) in [6.45, 7) is 11.8. The minimum Gasteiger partial charge on any atom is -0.386 e. The highest BCUT2D eigenvalue weighted by Gasteiger charge is 2.34. The van der Waals surface area contributed by atoms with E-state index in [0.717, 1.165) is 30.4 Å². The minimum atomic E-state index is -3.48. The molecule has 2 amide bonds. The molecule has 1 heterocycles. The Labute approximate surface area is 202 Å². The molecular weight excluding hydrogens is 448 g/mol. The number of hydrogen-bond donors (Lipinski definition) is 2. The predicted octanol–water partition coefficient (Wildman–Crippen LogP) is 4.90. The summed E-state index contributed by atoms with van der Waals surface area (Å²) in [6, 6.07) is 6.91. The third-order valence-corrected chi connectivity index (χ3v) is 8.67. The zero-order valence-electron chi connectivity index (χ0n) is 20.8. The van der Waals surface area contributed by atoms with Gasteiger partial charge in [0.1, 0.15) is 0 Å². The molecule has 1 aliphatic carbocycles. The molecule has 0 saturated heterocycles. The van der Waals surface area contributed by atoms with Crippen molar-refractivity contribution >= 4 is 21.7 Å². The van der Waals surface area contributed by atoms with Crippen LogP contribution in [0.5, 0.6) is 0 Å². The molecule has 4 rings (SSSR count). The van der Waals surface area contributed by atoms with E-state index in [-0.39, 0.29) is 28.7 Å². The van der Waals surface area contributed by atoms with Crippen molar-refractivity contribution < 1.29 is 18.9 Å². The van der Waals surface area contributed by atoms with E-state index >= 15 is 0 Å². The molecule has 34 heavy (non-hydrogen) atoms. The van der Waals surface area contributed by atoms with Crippen molar-refractivity contribution in [3.05, 3.63) is 63.2 Å². The number of aliphatic hydroxyl groups is 1. The predicted molar refractivity (Wildman–Crippen MR) is 133 cm³/mol. The molecule has 0 aromatic heterocycles. The number of amides is 2. The Kier molecular flexibility index (Phi) is 6.23. The normalized spacial score (nSPS) is 19.4. The average molecular weight is 483 g/mol. The Balaban J connectivity index is 1.80. The molecule has 2 aromatic rings. The van der Waals surface area contributed by atoms with Crippen LogP contribution in [0.4, 0.5) is 0 Å². The fourth-order valence-corrected chi connectivity index (χ4v) is 6.92. The van der Waals surface area contributed by atoms with Crippen molar-refractivity contribution in [3.8, 4) is 0 Å². The summed E-state index contributed by atoms with van der Waals surface area (Å²) in [5.41, 5.74) is 5.60. The number of carbonyl (C=O) groups excluding carboxylic acids is 2. The topological polar surface area (TPSA) is 95.8 Å². The van der Waals surface area contributed by atoms with E-state index in [1.807, 2.05) is 0 Å². The minimum absolute atomic E-state index is 0.0433. The number of rotatable bonds is 5. The van der Waals surface area contributed by atoms with Crippen molar-refractivity contribution in [3.63, 3.8) is 0 Å². The third kappa shape index (κ3) is 4.31. The van der Waals surface area contributed by atoms with Crippen LogP contribution in [0.2, 0.25) is 0 Å². The van der Waals surface area contributed by atoms with Gasteiger partial charge in [-0.25, -0.2) is 4.21 Å². The van der Waals surface area contributed by atoms with Crippen LogP contribution in [-0.4, -0.2) is 21.1 Å². The molecule has 0 bridgehead atoms. The number of carbonyl (C=O) groups is 2. The van der Waals surface area contributed by atoms with Crippen LogP contribution in [-0.2, 0) is 39.6 Å². The lowest BCUT2D eigenvalue weighted by Crippen LogP contribution is -2.23. The van der Waals surface area contributed by atoms with Gasteiger partial charge in [-0.15, -0.1) is 4.36 Å². The van der Waals surface area contributed by atoms with Crippen LogP contribution in [0, 0.1) is 0 Å². The van der Waals surface area contributed by atoms with E-state index in [9.17, 15) is 18.9 Å². The first kappa shape index (κ1) is 24.6. The standard InChI is InChI=1S/C27H34N2O4S/c1-15(2)21-12-17-8-7-9-19(17)25(16(3)4)22(21)14-24(30)28-34(33)23-13-18(27(5,6)32)10-11-20(23)26(31)29-34/h10-13,15-16,32H,7-9,14H2,1-6H3,(H,28,29,30,31,33). The molecule has 7 heteroatoms. The molecule has 0 spiro atoms. The SMILES string of the molecule is CC(C)c1cc2c(c(C(C)C)c1CC(=O)N=S1(=O)NC(=O)c3ccc(C(C)(C)O)cc31)CCC2. The zero-order valence-corrected chi connectivity index (χ0v) is 21.6. The second kappa shape index (κ2) is 8.61. The van der Waals surface area contributed by atoms with Crippen molar-refractivity contribution in [1.29, 1.82) is 0 Å². The Morgan fingerprint density at radius 3 is 2.47 bits per heavy atom. The van der Waals surface area contributed by atoms with Crippen molar-refractivity contribution in [2.24, 2.45) is 4.36 Å². The summed E-state index contributed by atoms with van der Waals surface area (Å²) < 4.78 is 20.2.